The van der Waals surface area contributed by atoms with Gasteiger partial charge in [-0.25, -0.2) is 0 Å². The average molecular weight is 263 g/mol. The Kier molecular flexibility index (Phi) is 5.48. The van der Waals surface area contributed by atoms with Crippen LogP contribution < -0.4 is 15.4 Å². The normalized spacial score (nSPS) is 16.6. The molecule has 1 aromatic carbocycles. The SMILES string of the molecule is CCCOc1ccc(N2CCN(CCN)CC2)cc1. The summed E-state index contributed by atoms with van der Waals surface area (Å²) in [6, 6.07) is 8.45. The van der Waals surface area contributed by atoms with Crippen molar-refractivity contribution in [2.75, 3.05) is 50.8 Å². The van der Waals surface area contributed by atoms with Gasteiger partial charge in [0.05, 0.1) is 6.61 Å². The predicted octanol–water partition coefficient (Wildman–Crippen LogP) is 1.56. The number of rotatable bonds is 6. The van der Waals surface area contributed by atoms with Crippen LogP contribution in [0.15, 0.2) is 24.3 Å². The molecule has 1 aliphatic rings. The molecule has 1 saturated heterocycles. The summed E-state index contributed by atoms with van der Waals surface area (Å²) in [7, 11) is 0. The van der Waals surface area contributed by atoms with E-state index in [1.54, 1.807) is 0 Å². The van der Waals surface area contributed by atoms with Crippen molar-refractivity contribution in [3.8, 4) is 5.75 Å². The van der Waals surface area contributed by atoms with Crippen LogP contribution in [0.2, 0.25) is 0 Å². The molecule has 0 atom stereocenters. The maximum Gasteiger partial charge on any atom is 0.119 e. The fourth-order valence-electron chi connectivity index (χ4n) is 2.39. The van der Waals surface area contributed by atoms with E-state index in [9.17, 15) is 0 Å². The molecule has 2 N–H and O–H groups in total. The minimum atomic E-state index is 0.753. The minimum Gasteiger partial charge on any atom is -0.494 e. The van der Waals surface area contributed by atoms with Crippen LogP contribution in [0.1, 0.15) is 13.3 Å². The molecule has 2 rings (SSSR count). The van der Waals surface area contributed by atoms with Crippen molar-refractivity contribution >= 4 is 5.69 Å². The van der Waals surface area contributed by atoms with Crippen LogP contribution >= 0.6 is 0 Å². The predicted molar refractivity (Wildman–Crippen MR) is 79.9 cm³/mol. The molecule has 1 fully saturated rings. The lowest BCUT2D eigenvalue weighted by Crippen LogP contribution is -2.47. The zero-order chi connectivity index (χ0) is 13.5. The first-order valence-electron chi connectivity index (χ1n) is 7.23. The Hall–Kier alpha value is -1.26. The lowest BCUT2D eigenvalue weighted by atomic mass is 10.2. The van der Waals surface area contributed by atoms with Gasteiger partial charge in [0.2, 0.25) is 0 Å². The van der Waals surface area contributed by atoms with E-state index in [0.717, 1.165) is 58.0 Å². The highest BCUT2D eigenvalue weighted by atomic mass is 16.5. The van der Waals surface area contributed by atoms with Crippen LogP contribution in [0.3, 0.4) is 0 Å². The van der Waals surface area contributed by atoms with Crippen LogP contribution in [-0.2, 0) is 0 Å². The third-order valence-electron chi connectivity index (χ3n) is 3.49. The van der Waals surface area contributed by atoms with Crippen molar-refractivity contribution in [3.05, 3.63) is 24.3 Å². The monoisotopic (exact) mass is 263 g/mol. The summed E-state index contributed by atoms with van der Waals surface area (Å²) in [5.74, 6) is 0.965. The molecule has 0 bridgehead atoms. The highest BCUT2D eigenvalue weighted by Gasteiger charge is 2.16. The van der Waals surface area contributed by atoms with Crippen LogP contribution in [-0.4, -0.2) is 50.8 Å². The molecule has 0 amide bonds. The van der Waals surface area contributed by atoms with Gasteiger partial charge in [-0.1, -0.05) is 6.92 Å². The number of nitrogens with two attached hydrogens (primary N) is 1. The van der Waals surface area contributed by atoms with Gasteiger partial charge in [0, 0.05) is 45.0 Å². The summed E-state index contributed by atoms with van der Waals surface area (Å²) >= 11 is 0. The van der Waals surface area contributed by atoms with E-state index >= 15 is 0 Å². The number of ether oxygens (including phenoxy) is 1. The second-order valence-electron chi connectivity index (χ2n) is 4.96. The van der Waals surface area contributed by atoms with Crippen LogP contribution in [0.5, 0.6) is 5.75 Å². The number of piperazine rings is 1. The van der Waals surface area contributed by atoms with Crippen LogP contribution in [0, 0.1) is 0 Å². The average Bonchev–Trinajstić information content (AvgIpc) is 2.47. The highest BCUT2D eigenvalue weighted by Crippen LogP contribution is 2.20. The molecular weight excluding hydrogens is 238 g/mol. The van der Waals surface area contributed by atoms with Crippen LogP contribution in [0.4, 0.5) is 5.69 Å². The molecule has 4 heteroatoms. The summed E-state index contributed by atoms with van der Waals surface area (Å²) < 4.78 is 5.61. The molecule has 0 saturated carbocycles. The van der Waals surface area contributed by atoms with Crippen molar-refractivity contribution in [1.29, 1.82) is 0 Å². The zero-order valence-corrected chi connectivity index (χ0v) is 11.8. The number of nitrogens with zero attached hydrogens (tertiary/aromatic N) is 2. The number of hydrogen-bond acceptors (Lipinski definition) is 4. The summed E-state index contributed by atoms with van der Waals surface area (Å²) in [6.45, 7) is 9.04. The summed E-state index contributed by atoms with van der Waals surface area (Å²) in [6.07, 6.45) is 1.05. The van der Waals surface area contributed by atoms with E-state index in [0.29, 0.717) is 0 Å². The maximum atomic E-state index is 5.61. The standard InChI is InChI=1S/C15H25N3O/c1-2-13-19-15-5-3-14(4-6-15)18-11-9-17(8-7-16)10-12-18/h3-6H,2,7-13,16H2,1H3. The van der Waals surface area contributed by atoms with Gasteiger partial charge in [0.1, 0.15) is 5.75 Å². The first-order valence-corrected chi connectivity index (χ1v) is 7.23. The molecule has 19 heavy (non-hydrogen) atoms. The number of hydrogen-bond donors (Lipinski definition) is 1. The fraction of sp³-hybridized carbons (Fsp3) is 0.600. The Morgan fingerprint density at radius 2 is 1.79 bits per heavy atom. The quantitative estimate of drug-likeness (QED) is 0.845. The van der Waals surface area contributed by atoms with Crippen LogP contribution in [0.25, 0.3) is 0 Å². The van der Waals surface area contributed by atoms with Gasteiger partial charge in [-0.3, -0.25) is 4.90 Å². The van der Waals surface area contributed by atoms with Gasteiger partial charge in [0.15, 0.2) is 0 Å². The Morgan fingerprint density at radius 3 is 2.37 bits per heavy atom. The Labute approximate surface area is 116 Å². The largest absolute Gasteiger partial charge is 0.494 e. The van der Waals surface area contributed by atoms with Gasteiger partial charge in [0.25, 0.3) is 0 Å². The van der Waals surface area contributed by atoms with Crippen molar-refractivity contribution in [2.45, 2.75) is 13.3 Å². The Bertz CT molecular complexity index is 358. The van der Waals surface area contributed by atoms with Gasteiger partial charge in [-0.2, -0.15) is 0 Å². The zero-order valence-electron chi connectivity index (χ0n) is 11.8. The summed E-state index contributed by atoms with van der Waals surface area (Å²) in [4.78, 5) is 4.85. The van der Waals surface area contributed by atoms with E-state index < -0.39 is 0 Å². The molecule has 1 aliphatic heterocycles. The summed E-state index contributed by atoms with van der Waals surface area (Å²) in [5, 5.41) is 0. The molecule has 1 aromatic rings. The van der Waals surface area contributed by atoms with E-state index in [1.165, 1.54) is 5.69 Å². The van der Waals surface area contributed by atoms with Crippen molar-refractivity contribution in [2.24, 2.45) is 5.73 Å². The van der Waals surface area contributed by atoms with Gasteiger partial charge < -0.3 is 15.4 Å². The molecular formula is C15H25N3O. The van der Waals surface area contributed by atoms with Gasteiger partial charge in [-0.05, 0) is 30.7 Å². The third-order valence-corrected chi connectivity index (χ3v) is 3.49. The van der Waals surface area contributed by atoms with E-state index in [4.69, 9.17) is 10.5 Å². The van der Waals surface area contributed by atoms with E-state index in [2.05, 4.69) is 41.0 Å². The molecule has 4 nitrogen and oxygen atoms in total. The highest BCUT2D eigenvalue weighted by molar-refractivity contribution is 5.49. The summed E-state index contributed by atoms with van der Waals surface area (Å²) in [5.41, 5.74) is 6.88. The Morgan fingerprint density at radius 1 is 1.11 bits per heavy atom. The Balaban J connectivity index is 1.85. The molecule has 0 spiro atoms. The molecule has 0 radical (unpaired) electrons. The second kappa shape index (κ2) is 7.36. The maximum absolute atomic E-state index is 5.61. The molecule has 0 aromatic heterocycles. The van der Waals surface area contributed by atoms with E-state index in [-0.39, 0.29) is 0 Å². The lowest BCUT2D eigenvalue weighted by Gasteiger charge is -2.35. The molecule has 0 aliphatic carbocycles. The minimum absolute atomic E-state index is 0.753. The molecule has 106 valence electrons. The molecule has 0 unspecified atom stereocenters. The third kappa shape index (κ3) is 4.11. The first kappa shape index (κ1) is 14.2. The lowest BCUT2D eigenvalue weighted by molar-refractivity contribution is 0.265. The van der Waals surface area contributed by atoms with Gasteiger partial charge in [-0.15, -0.1) is 0 Å². The van der Waals surface area contributed by atoms with Crippen molar-refractivity contribution in [3.63, 3.8) is 0 Å². The smallest absolute Gasteiger partial charge is 0.119 e. The first-order chi connectivity index (χ1) is 9.33. The fourth-order valence-corrected chi connectivity index (χ4v) is 2.39. The van der Waals surface area contributed by atoms with E-state index in [1.807, 2.05) is 0 Å². The second-order valence-corrected chi connectivity index (χ2v) is 4.96. The van der Waals surface area contributed by atoms with Gasteiger partial charge >= 0.3 is 0 Å². The van der Waals surface area contributed by atoms with Crippen molar-refractivity contribution < 1.29 is 4.74 Å². The molecule has 1 heterocycles. The number of benzene rings is 1. The topological polar surface area (TPSA) is 41.7 Å². The number of anilines is 1. The van der Waals surface area contributed by atoms with Crippen molar-refractivity contribution in [1.82, 2.24) is 4.90 Å².